The fraction of sp³-hybridized carbons (Fsp3) is 0. The molecule has 0 bridgehead atoms. The number of nitrogens with one attached hydrogen (secondary N) is 2. The van der Waals surface area contributed by atoms with E-state index < -0.39 is 0 Å². The molecule has 4 nitrogen and oxygen atoms in total. The molecule has 2 N–H and O–H groups in total. The quantitative estimate of drug-likeness (QED) is 0.212. The van der Waals surface area contributed by atoms with E-state index in [4.69, 9.17) is 0 Å². The van der Waals surface area contributed by atoms with Crippen molar-refractivity contribution < 1.29 is 0 Å². The van der Waals surface area contributed by atoms with Gasteiger partial charge in [0.15, 0.2) is 0 Å². The molecule has 0 unspecified atom stereocenters. The topological polar surface area (TPSA) is 65.7 Å². The number of rotatable bonds is 8. The van der Waals surface area contributed by atoms with Crippen LogP contribution in [0.4, 0.5) is 0 Å². The third-order valence-corrected chi connectivity index (χ3v) is 9.74. The van der Waals surface area contributed by atoms with E-state index in [9.17, 15) is 9.59 Å². The summed E-state index contributed by atoms with van der Waals surface area (Å²) in [4.78, 5) is 36.8. The van der Waals surface area contributed by atoms with Crippen molar-refractivity contribution >= 4 is 55.5 Å². The smallest absolute Gasteiger partial charge is 0.274 e. The average molecular weight is 571 g/mol. The number of aromatic nitrogens is 2. The molecule has 5 rings (SSSR count). The first kappa shape index (κ1) is 26.3. The SMILES string of the molecule is O=c1[nH]c(=C(Sc2ccccc2)Sc2ccccc2)c(=O)[nH]c1=C(Sc1ccccc1)Sc1ccccc1. The highest BCUT2D eigenvalue weighted by Crippen LogP contribution is 2.40. The van der Waals surface area contributed by atoms with Crippen molar-refractivity contribution in [2.45, 2.75) is 19.6 Å². The summed E-state index contributed by atoms with van der Waals surface area (Å²) in [5, 5.41) is 0.491. The van der Waals surface area contributed by atoms with Crippen molar-refractivity contribution in [1.82, 2.24) is 9.97 Å². The van der Waals surface area contributed by atoms with Gasteiger partial charge in [-0.2, -0.15) is 0 Å². The van der Waals surface area contributed by atoms with Gasteiger partial charge in [0.25, 0.3) is 11.1 Å². The Labute approximate surface area is 236 Å². The van der Waals surface area contributed by atoms with Gasteiger partial charge < -0.3 is 9.97 Å². The molecule has 38 heavy (non-hydrogen) atoms. The molecule has 4 aromatic carbocycles. The molecule has 1 heterocycles. The number of thioether (sulfide) groups is 4. The summed E-state index contributed by atoms with van der Waals surface area (Å²) in [6.07, 6.45) is 0. The van der Waals surface area contributed by atoms with E-state index >= 15 is 0 Å². The van der Waals surface area contributed by atoms with Gasteiger partial charge in [-0.1, -0.05) is 120 Å². The van der Waals surface area contributed by atoms with Crippen LogP contribution >= 0.6 is 47.0 Å². The molecule has 0 saturated carbocycles. The molecule has 1 aromatic heterocycles. The summed E-state index contributed by atoms with van der Waals surface area (Å²) in [5.41, 5.74) is -0.692. The van der Waals surface area contributed by atoms with E-state index in [2.05, 4.69) is 9.97 Å². The van der Waals surface area contributed by atoms with E-state index in [-0.39, 0.29) is 21.8 Å². The molecular formula is C30H22N2O2S4. The zero-order chi connectivity index (χ0) is 26.2. The lowest BCUT2D eigenvalue weighted by Crippen LogP contribution is -2.47. The lowest BCUT2D eigenvalue weighted by atomic mass is 10.4. The van der Waals surface area contributed by atoms with Crippen LogP contribution in [-0.4, -0.2) is 9.97 Å². The van der Waals surface area contributed by atoms with E-state index in [0.717, 1.165) is 19.6 Å². The van der Waals surface area contributed by atoms with Crippen molar-refractivity contribution in [2.75, 3.05) is 0 Å². The highest BCUT2D eigenvalue weighted by Gasteiger charge is 2.13. The third-order valence-electron chi connectivity index (χ3n) is 5.15. The van der Waals surface area contributed by atoms with Gasteiger partial charge in [0.1, 0.15) is 10.7 Å². The van der Waals surface area contributed by atoms with Gasteiger partial charge >= 0.3 is 0 Å². The normalized spacial score (nSPS) is 10.7. The summed E-state index contributed by atoms with van der Waals surface area (Å²) in [5.74, 6) is 0. The van der Waals surface area contributed by atoms with Crippen LogP contribution in [-0.2, 0) is 0 Å². The van der Waals surface area contributed by atoms with E-state index in [1.165, 1.54) is 47.0 Å². The first-order chi connectivity index (χ1) is 18.7. The highest BCUT2D eigenvalue weighted by atomic mass is 32.2. The second-order valence-corrected chi connectivity index (χ2v) is 12.7. The monoisotopic (exact) mass is 570 g/mol. The molecule has 188 valence electrons. The van der Waals surface area contributed by atoms with Crippen LogP contribution in [0.25, 0.3) is 8.47 Å². The Kier molecular flexibility index (Phi) is 8.98. The number of hydrogen-bond donors (Lipinski definition) is 2. The average Bonchev–Trinajstić information content (AvgIpc) is 2.96. The Bertz CT molecular complexity index is 1520. The highest BCUT2D eigenvalue weighted by molar-refractivity contribution is 8.30. The van der Waals surface area contributed by atoms with Gasteiger partial charge in [-0.15, -0.1) is 0 Å². The third kappa shape index (κ3) is 6.96. The summed E-state index contributed by atoms with van der Waals surface area (Å²) < 4.78 is 1.39. The van der Waals surface area contributed by atoms with Gasteiger partial charge in [0, 0.05) is 19.6 Å². The molecular weight excluding hydrogens is 549 g/mol. The molecule has 0 aliphatic carbocycles. The number of benzene rings is 4. The lowest BCUT2D eigenvalue weighted by Gasteiger charge is -2.08. The predicted molar refractivity (Wildman–Crippen MR) is 163 cm³/mol. The Morgan fingerprint density at radius 1 is 0.395 bits per heavy atom. The Morgan fingerprint density at radius 2 is 0.632 bits per heavy atom. The Hall–Kier alpha value is -3.30. The van der Waals surface area contributed by atoms with Crippen LogP contribution in [0.3, 0.4) is 0 Å². The van der Waals surface area contributed by atoms with Crippen molar-refractivity contribution in [1.29, 1.82) is 0 Å². The van der Waals surface area contributed by atoms with E-state index in [1.807, 2.05) is 121 Å². The summed E-state index contributed by atoms with van der Waals surface area (Å²) >= 11 is 5.81. The predicted octanol–water partition coefficient (Wildman–Crippen LogP) is 6.36. The molecule has 0 radical (unpaired) electrons. The van der Waals surface area contributed by atoms with Crippen LogP contribution in [0.5, 0.6) is 0 Å². The standard InChI is InChI=1S/C30H22N2O2S4/c33-27-25(29(35-21-13-5-1-6-14-21)36-22-15-7-2-8-16-22)31-28(34)26(32-27)30(37-23-17-9-3-10-18-23)38-24-19-11-4-12-20-24/h1-20H,(H,31,34)(H,32,33). The second kappa shape index (κ2) is 13.0. The molecule has 0 fully saturated rings. The van der Waals surface area contributed by atoms with Crippen LogP contribution in [0.15, 0.2) is 150 Å². The second-order valence-electron chi connectivity index (χ2n) is 7.89. The number of aromatic amines is 2. The minimum atomic E-state index is -0.346. The van der Waals surface area contributed by atoms with Gasteiger partial charge in [0.05, 0.1) is 8.47 Å². The summed E-state index contributed by atoms with van der Waals surface area (Å²) in [7, 11) is 0. The largest absolute Gasteiger partial charge is 0.315 e. The molecule has 0 atom stereocenters. The van der Waals surface area contributed by atoms with Crippen molar-refractivity contribution in [2.24, 2.45) is 0 Å². The maximum Gasteiger partial charge on any atom is 0.274 e. The molecule has 0 saturated heterocycles. The number of hydrogen-bond acceptors (Lipinski definition) is 6. The molecule has 5 aromatic rings. The van der Waals surface area contributed by atoms with Gasteiger partial charge in [-0.3, -0.25) is 9.59 Å². The first-order valence-electron chi connectivity index (χ1n) is 11.7. The van der Waals surface area contributed by atoms with E-state index in [1.54, 1.807) is 0 Å². The van der Waals surface area contributed by atoms with Crippen LogP contribution in [0.2, 0.25) is 0 Å². The first-order valence-corrected chi connectivity index (χ1v) is 14.9. The lowest BCUT2D eigenvalue weighted by molar-refractivity contribution is 1.00. The molecule has 0 aliphatic heterocycles. The van der Waals surface area contributed by atoms with Crippen molar-refractivity contribution in [3.05, 3.63) is 153 Å². The molecule has 8 heteroatoms. The van der Waals surface area contributed by atoms with E-state index in [0.29, 0.717) is 8.47 Å². The van der Waals surface area contributed by atoms with Gasteiger partial charge in [-0.25, -0.2) is 0 Å². The van der Waals surface area contributed by atoms with Crippen LogP contribution in [0, 0.1) is 0 Å². The Balaban J connectivity index is 1.67. The van der Waals surface area contributed by atoms with Crippen LogP contribution < -0.4 is 21.8 Å². The summed E-state index contributed by atoms with van der Waals surface area (Å²) in [6.45, 7) is 0. The summed E-state index contributed by atoms with van der Waals surface area (Å²) in [6, 6.07) is 39.3. The zero-order valence-electron chi connectivity index (χ0n) is 20.0. The van der Waals surface area contributed by atoms with Gasteiger partial charge in [-0.05, 0) is 48.5 Å². The van der Waals surface area contributed by atoms with Crippen molar-refractivity contribution in [3.8, 4) is 0 Å². The number of H-pyrrole nitrogens is 2. The molecule has 0 spiro atoms. The fourth-order valence-electron chi connectivity index (χ4n) is 3.38. The van der Waals surface area contributed by atoms with Gasteiger partial charge in [0.2, 0.25) is 0 Å². The molecule has 0 amide bonds. The minimum Gasteiger partial charge on any atom is -0.315 e. The Morgan fingerprint density at radius 3 is 0.868 bits per heavy atom. The molecule has 0 aliphatic rings. The minimum absolute atomic E-state index is 0.246. The maximum absolute atomic E-state index is 13.5. The van der Waals surface area contributed by atoms with Crippen LogP contribution in [0.1, 0.15) is 0 Å². The van der Waals surface area contributed by atoms with Crippen molar-refractivity contribution in [3.63, 3.8) is 0 Å². The fourth-order valence-corrected chi connectivity index (χ4v) is 7.88. The maximum atomic E-state index is 13.5. The zero-order valence-corrected chi connectivity index (χ0v) is 23.3.